The molecule has 0 aliphatic rings. The first-order valence-corrected chi connectivity index (χ1v) is 12.4. The first-order chi connectivity index (χ1) is 15.7. The number of nitrogens with one attached hydrogen (secondary N) is 2. The Bertz CT molecular complexity index is 1190. The lowest BCUT2D eigenvalue weighted by molar-refractivity contribution is -0.890. The molecule has 0 aliphatic heterocycles. The molecule has 0 aromatic heterocycles. The number of sulfonamides is 1. The molecule has 0 saturated heterocycles. The second-order valence-corrected chi connectivity index (χ2v) is 10.6. The number of amides is 1. The lowest BCUT2D eigenvalue weighted by atomic mass is 10.1. The van der Waals surface area contributed by atoms with Crippen LogP contribution in [0.2, 0.25) is 5.02 Å². The van der Waals surface area contributed by atoms with E-state index in [2.05, 4.69) is 5.32 Å². The Morgan fingerprint density at radius 2 is 1.61 bits per heavy atom. The van der Waals surface area contributed by atoms with Crippen molar-refractivity contribution >= 4 is 27.5 Å². The molecule has 3 aromatic rings. The monoisotopic (exact) mass is 486 g/mol. The zero-order valence-corrected chi connectivity index (χ0v) is 20.5. The Kier molecular flexibility index (Phi) is 8.26. The van der Waals surface area contributed by atoms with E-state index in [9.17, 15) is 13.2 Å². The summed E-state index contributed by atoms with van der Waals surface area (Å²) in [6.07, 6.45) is 0. The number of benzene rings is 3. The van der Waals surface area contributed by atoms with Crippen molar-refractivity contribution in [2.45, 2.75) is 17.5 Å². The minimum absolute atomic E-state index is 0.0216. The van der Waals surface area contributed by atoms with Crippen molar-refractivity contribution in [2.24, 2.45) is 0 Å². The number of rotatable bonds is 9. The van der Waals surface area contributed by atoms with Gasteiger partial charge in [-0.3, -0.25) is 4.79 Å². The Morgan fingerprint density at radius 1 is 1.00 bits per heavy atom. The summed E-state index contributed by atoms with van der Waals surface area (Å²) in [4.78, 5) is 14.1. The van der Waals surface area contributed by atoms with E-state index >= 15 is 0 Å². The van der Waals surface area contributed by atoms with Crippen LogP contribution in [0.25, 0.3) is 0 Å². The topological polar surface area (TPSA) is 70.9 Å². The predicted octanol–water partition coefficient (Wildman–Crippen LogP) is 2.78. The van der Waals surface area contributed by atoms with E-state index < -0.39 is 15.9 Å². The largest absolute Gasteiger partial charge is 0.346 e. The zero-order valence-electron chi connectivity index (χ0n) is 19.0. The number of hydrogen-bond donors (Lipinski definition) is 2. The van der Waals surface area contributed by atoms with Gasteiger partial charge in [-0.25, -0.2) is 8.42 Å². The van der Waals surface area contributed by atoms with Crippen LogP contribution in [0.15, 0.2) is 83.8 Å². The van der Waals surface area contributed by atoms with Crippen molar-refractivity contribution in [3.8, 4) is 0 Å². The van der Waals surface area contributed by atoms with Gasteiger partial charge in [-0.05, 0) is 23.8 Å². The van der Waals surface area contributed by atoms with Gasteiger partial charge in [0.2, 0.25) is 10.0 Å². The second-order valence-electron chi connectivity index (χ2n) is 8.14. The Balaban J connectivity index is 1.78. The molecule has 0 aliphatic carbocycles. The van der Waals surface area contributed by atoms with Gasteiger partial charge in [0.25, 0.3) is 5.91 Å². The van der Waals surface area contributed by atoms with Gasteiger partial charge in [0, 0.05) is 19.2 Å². The molecule has 1 amide bonds. The molecule has 33 heavy (non-hydrogen) atoms. The highest BCUT2D eigenvalue weighted by Gasteiger charge is 2.24. The number of nitrogens with zero attached hydrogens (tertiary/aromatic N) is 1. The number of halogens is 1. The highest BCUT2D eigenvalue weighted by molar-refractivity contribution is 7.89. The van der Waals surface area contributed by atoms with Crippen molar-refractivity contribution in [1.82, 2.24) is 9.62 Å². The zero-order chi connectivity index (χ0) is 24.0. The summed E-state index contributed by atoms with van der Waals surface area (Å²) >= 11 is 6.27. The number of likely N-dealkylation sites (N-methyl/N-ethyl adjacent to an activating group) is 1. The minimum atomic E-state index is -3.81. The predicted molar refractivity (Wildman–Crippen MR) is 131 cm³/mol. The Labute approximate surface area is 200 Å². The van der Waals surface area contributed by atoms with Crippen LogP contribution in [0, 0.1) is 0 Å². The molecule has 3 rings (SSSR count). The maximum atomic E-state index is 13.1. The first-order valence-electron chi connectivity index (χ1n) is 10.6. The van der Waals surface area contributed by atoms with Gasteiger partial charge in [0.05, 0.1) is 36.1 Å². The quantitative estimate of drug-likeness (QED) is 0.488. The molecule has 0 unspecified atom stereocenters. The number of carbonyl (C=O) groups is 1. The van der Waals surface area contributed by atoms with Gasteiger partial charge in [-0.15, -0.1) is 0 Å². The van der Waals surface area contributed by atoms with Crippen molar-refractivity contribution in [1.29, 1.82) is 0 Å². The van der Waals surface area contributed by atoms with Gasteiger partial charge in [-0.2, -0.15) is 4.31 Å². The molecule has 3 aromatic carbocycles. The van der Waals surface area contributed by atoms with E-state index in [1.807, 2.05) is 74.8 Å². The van der Waals surface area contributed by atoms with Crippen LogP contribution in [0.3, 0.4) is 0 Å². The molecule has 1 atom stereocenters. The summed E-state index contributed by atoms with van der Waals surface area (Å²) < 4.78 is 27.5. The highest BCUT2D eigenvalue weighted by Crippen LogP contribution is 2.23. The number of quaternary nitrogens is 1. The van der Waals surface area contributed by atoms with Gasteiger partial charge in [0.15, 0.2) is 0 Å². The fourth-order valence-corrected chi connectivity index (χ4v) is 4.96. The third-order valence-corrected chi connectivity index (χ3v) is 7.63. The summed E-state index contributed by atoms with van der Waals surface area (Å²) in [5.74, 6) is -0.412. The summed E-state index contributed by atoms with van der Waals surface area (Å²) in [6.45, 7) is 0.601. The maximum Gasteiger partial charge on any atom is 0.253 e. The molecule has 0 radical (unpaired) electrons. The third kappa shape index (κ3) is 6.21. The molecule has 8 heteroatoms. The summed E-state index contributed by atoms with van der Waals surface area (Å²) in [6, 6.07) is 23.5. The van der Waals surface area contributed by atoms with E-state index in [1.165, 1.54) is 29.6 Å². The average molecular weight is 487 g/mol. The van der Waals surface area contributed by atoms with Crippen LogP contribution in [-0.4, -0.2) is 46.3 Å². The van der Waals surface area contributed by atoms with E-state index in [4.69, 9.17) is 11.6 Å². The fraction of sp³-hybridized carbons (Fsp3) is 0.240. The lowest BCUT2D eigenvalue weighted by Crippen LogP contribution is -3.07. The van der Waals surface area contributed by atoms with Crippen molar-refractivity contribution < 1.29 is 18.1 Å². The van der Waals surface area contributed by atoms with Crippen LogP contribution in [0.5, 0.6) is 0 Å². The fourth-order valence-electron chi connectivity index (χ4n) is 3.57. The van der Waals surface area contributed by atoms with E-state index in [0.29, 0.717) is 6.54 Å². The standard InChI is InChI=1S/C25H28ClN3O3S/c1-28(2)24(20-12-8-5-9-13-20)17-27-25(30)22-16-21(14-15-23(22)26)33(31,32)29(3)18-19-10-6-4-7-11-19/h4-16,24H,17-18H2,1-3H3,(H,27,30)/p+1/t24-/m1/s1. The molecule has 0 saturated carbocycles. The maximum absolute atomic E-state index is 13.1. The van der Waals surface area contributed by atoms with Crippen molar-refractivity contribution in [3.63, 3.8) is 0 Å². The van der Waals surface area contributed by atoms with E-state index in [0.717, 1.165) is 16.0 Å². The van der Waals surface area contributed by atoms with E-state index in [1.54, 1.807) is 0 Å². The number of hydrogen-bond acceptors (Lipinski definition) is 3. The van der Waals surface area contributed by atoms with Gasteiger partial charge < -0.3 is 10.2 Å². The van der Waals surface area contributed by atoms with Crippen LogP contribution >= 0.6 is 11.6 Å². The molecule has 0 bridgehead atoms. The molecule has 0 heterocycles. The van der Waals surface area contributed by atoms with Gasteiger partial charge in [0.1, 0.15) is 6.04 Å². The summed E-state index contributed by atoms with van der Waals surface area (Å²) in [5, 5.41) is 3.11. The van der Waals surface area contributed by atoms with E-state index in [-0.39, 0.29) is 28.1 Å². The van der Waals surface area contributed by atoms with Crippen LogP contribution < -0.4 is 10.2 Å². The smallest absolute Gasteiger partial charge is 0.253 e. The average Bonchev–Trinajstić information content (AvgIpc) is 2.80. The van der Waals surface area contributed by atoms with Crippen LogP contribution in [-0.2, 0) is 16.6 Å². The summed E-state index contributed by atoms with van der Waals surface area (Å²) in [5.41, 5.74) is 2.10. The summed E-state index contributed by atoms with van der Waals surface area (Å²) in [7, 11) is 1.75. The first kappa shape index (κ1) is 24.9. The van der Waals surface area contributed by atoms with Crippen LogP contribution in [0.1, 0.15) is 27.5 Å². The normalized spacial score (nSPS) is 12.7. The molecular weight excluding hydrogens is 458 g/mol. The molecule has 174 valence electrons. The number of carbonyl (C=O) groups excluding carboxylic acids is 1. The van der Waals surface area contributed by atoms with Gasteiger partial charge >= 0.3 is 0 Å². The second kappa shape index (κ2) is 10.9. The Morgan fingerprint density at radius 3 is 2.21 bits per heavy atom. The Hall–Kier alpha value is -2.71. The van der Waals surface area contributed by atoms with Crippen molar-refractivity contribution in [2.75, 3.05) is 27.7 Å². The SMILES string of the molecule is CN(Cc1ccccc1)S(=O)(=O)c1ccc(Cl)c(C(=O)NC[C@H](c2ccccc2)[NH+](C)C)c1. The molecule has 6 nitrogen and oxygen atoms in total. The lowest BCUT2D eigenvalue weighted by Gasteiger charge is -2.22. The van der Waals surface area contributed by atoms with Crippen molar-refractivity contribution in [3.05, 3.63) is 101 Å². The third-order valence-electron chi connectivity index (χ3n) is 5.50. The minimum Gasteiger partial charge on any atom is -0.346 e. The highest BCUT2D eigenvalue weighted by atomic mass is 35.5. The molecule has 2 N–H and O–H groups in total. The molecular formula is C25H29ClN3O3S+. The molecule has 0 fully saturated rings. The molecule has 0 spiro atoms. The van der Waals surface area contributed by atoms with Crippen LogP contribution in [0.4, 0.5) is 0 Å². The van der Waals surface area contributed by atoms with Gasteiger partial charge in [-0.1, -0.05) is 72.3 Å².